The molecule has 1 unspecified atom stereocenters. The van der Waals surface area contributed by atoms with Crippen molar-refractivity contribution in [2.45, 2.75) is 32.6 Å². The molecule has 1 aromatic carbocycles. The van der Waals surface area contributed by atoms with E-state index in [2.05, 4.69) is 26.0 Å². The molecule has 0 aliphatic heterocycles. The Hall–Kier alpha value is -0.530. The van der Waals surface area contributed by atoms with Crippen molar-refractivity contribution in [1.29, 1.82) is 0 Å². The zero-order valence-corrected chi connectivity index (χ0v) is 10.1. The summed E-state index contributed by atoms with van der Waals surface area (Å²) in [5.74, 6) is 0.566. The summed E-state index contributed by atoms with van der Waals surface area (Å²) in [6.07, 6.45) is 2.38. The standard InChI is InChI=1S/C13H18ClN/c1-13(2,8-15)12-6-4-9-3-5-10(14)7-11(9)12/h3,5,7,12H,4,6,8,15H2,1-2H3. The van der Waals surface area contributed by atoms with E-state index in [1.54, 1.807) is 0 Å². The van der Waals surface area contributed by atoms with Crippen LogP contribution in [0.2, 0.25) is 5.02 Å². The molecule has 0 bridgehead atoms. The van der Waals surface area contributed by atoms with Crippen molar-refractivity contribution in [3.05, 3.63) is 34.3 Å². The lowest BCUT2D eigenvalue weighted by Gasteiger charge is -2.31. The van der Waals surface area contributed by atoms with Crippen LogP contribution in [0.4, 0.5) is 0 Å². The molecule has 0 radical (unpaired) electrons. The summed E-state index contributed by atoms with van der Waals surface area (Å²) < 4.78 is 0. The van der Waals surface area contributed by atoms with E-state index in [1.165, 1.54) is 24.0 Å². The molecule has 0 heterocycles. The van der Waals surface area contributed by atoms with Gasteiger partial charge in [-0.3, -0.25) is 0 Å². The van der Waals surface area contributed by atoms with E-state index in [0.29, 0.717) is 5.92 Å². The van der Waals surface area contributed by atoms with Crippen LogP contribution >= 0.6 is 11.6 Å². The van der Waals surface area contributed by atoms with Gasteiger partial charge in [0.15, 0.2) is 0 Å². The summed E-state index contributed by atoms with van der Waals surface area (Å²) >= 11 is 6.05. The van der Waals surface area contributed by atoms with Crippen molar-refractivity contribution in [1.82, 2.24) is 0 Å². The van der Waals surface area contributed by atoms with Crippen molar-refractivity contribution < 1.29 is 0 Å². The largest absolute Gasteiger partial charge is 0.330 e. The van der Waals surface area contributed by atoms with Gasteiger partial charge in [0.05, 0.1) is 0 Å². The summed E-state index contributed by atoms with van der Waals surface area (Å²) in [5, 5.41) is 0.841. The number of hydrogen-bond acceptors (Lipinski definition) is 1. The van der Waals surface area contributed by atoms with Gasteiger partial charge in [-0.1, -0.05) is 31.5 Å². The minimum atomic E-state index is 0.177. The third-order valence-electron chi connectivity index (χ3n) is 3.66. The van der Waals surface area contributed by atoms with Crippen LogP contribution in [0, 0.1) is 5.41 Å². The summed E-state index contributed by atoms with van der Waals surface area (Å²) in [7, 11) is 0. The Balaban J connectivity index is 2.39. The second kappa shape index (κ2) is 3.80. The maximum Gasteiger partial charge on any atom is 0.0409 e. The van der Waals surface area contributed by atoms with Crippen molar-refractivity contribution in [3.8, 4) is 0 Å². The molecule has 2 rings (SSSR count). The average Bonchev–Trinajstić information content (AvgIpc) is 2.61. The lowest BCUT2D eigenvalue weighted by Crippen LogP contribution is -2.29. The SMILES string of the molecule is CC(C)(CN)C1CCc2ccc(Cl)cc21. The predicted octanol–water partition coefficient (Wildman–Crippen LogP) is 3.35. The molecule has 0 saturated carbocycles. The van der Waals surface area contributed by atoms with Crippen LogP contribution in [-0.2, 0) is 6.42 Å². The van der Waals surface area contributed by atoms with E-state index >= 15 is 0 Å². The van der Waals surface area contributed by atoms with Gasteiger partial charge in [-0.2, -0.15) is 0 Å². The number of fused-ring (bicyclic) bond motifs is 1. The number of nitrogens with two attached hydrogens (primary N) is 1. The van der Waals surface area contributed by atoms with E-state index in [1.807, 2.05) is 6.07 Å². The van der Waals surface area contributed by atoms with Crippen LogP contribution in [0.3, 0.4) is 0 Å². The van der Waals surface area contributed by atoms with Crippen LogP contribution in [0.25, 0.3) is 0 Å². The smallest absolute Gasteiger partial charge is 0.0409 e. The Bertz CT molecular complexity index is 371. The third kappa shape index (κ3) is 1.91. The Kier molecular flexibility index (Phi) is 2.78. The van der Waals surface area contributed by atoms with Gasteiger partial charge in [-0.15, -0.1) is 0 Å². The number of rotatable bonds is 2. The van der Waals surface area contributed by atoms with Crippen molar-refractivity contribution >= 4 is 11.6 Å². The van der Waals surface area contributed by atoms with E-state index in [4.69, 9.17) is 17.3 Å². The van der Waals surface area contributed by atoms with Gasteiger partial charge in [0.25, 0.3) is 0 Å². The molecule has 2 N–H and O–H groups in total. The first-order valence-corrected chi connectivity index (χ1v) is 5.91. The van der Waals surface area contributed by atoms with Gasteiger partial charge in [-0.05, 0) is 54.0 Å². The monoisotopic (exact) mass is 223 g/mol. The first-order chi connectivity index (χ1) is 7.04. The van der Waals surface area contributed by atoms with Crippen LogP contribution in [-0.4, -0.2) is 6.54 Å². The quantitative estimate of drug-likeness (QED) is 0.818. The van der Waals surface area contributed by atoms with Crippen molar-refractivity contribution in [3.63, 3.8) is 0 Å². The Morgan fingerprint density at radius 1 is 1.47 bits per heavy atom. The van der Waals surface area contributed by atoms with E-state index < -0.39 is 0 Å². The zero-order chi connectivity index (χ0) is 11.1. The molecular weight excluding hydrogens is 206 g/mol. The lowest BCUT2D eigenvalue weighted by molar-refractivity contribution is 0.294. The molecule has 15 heavy (non-hydrogen) atoms. The van der Waals surface area contributed by atoms with Gasteiger partial charge in [0.2, 0.25) is 0 Å². The predicted molar refractivity (Wildman–Crippen MR) is 65.3 cm³/mol. The van der Waals surface area contributed by atoms with Gasteiger partial charge in [0.1, 0.15) is 0 Å². The van der Waals surface area contributed by atoms with Crippen molar-refractivity contribution in [2.24, 2.45) is 11.1 Å². The van der Waals surface area contributed by atoms with E-state index in [9.17, 15) is 0 Å². The summed E-state index contributed by atoms with van der Waals surface area (Å²) in [6, 6.07) is 6.26. The van der Waals surface area contributed by atoms with Gasteiger partial charge in [-0.25, -0.2) is 0 Å². The fraction of sp³-hybridized carbons (Fsp3) is 0.538. The Labute approximate surface area is 96.6 Å². The van der Waals surface area contributed by atoms with E-state index in [-0.39, 0.29) is 5.41 Å². The van der Waals surface area contributed by atoms with Crippen LogP contribution in [0.15, 0.2) is 18.2 Å². The van der Waals surface area contributed by atoms with Gasteiger partial charge < -0.3 is 5.73 Å². The van der Waals surface area contributed by atoms with Crippen LogP contribution < -0.4 is 5.73 Å². The second-order valence-corrected chi connectivity index (χ2v) is 5.56. The molecule has 82 valence electrons. The molecule has 0 aromatic heterocycles. The number of benzene rings is 1. The fourth-order valence-corrected chi connectivity index (χ4v) is 2.71. The molecule has 1 aliphatic carbocycles. The molecule has 1 atom stereocenters. The lowest BCUT2D eigenvalue weighted by atomic mass is 9.76. The minimum absolute atomic E-state index is 0.177. The highest BCUT2D eigenvalue weighted by Crippen LogP contribution is 2.45. The topological polar surface area (TPSA) is 26.0 Å². The number of halogens is 1. The average molecular weight is 224 g/mol. The number of aryl methyl sites for hydroxylation is 1. The fourth-order valence-electron chi connectivity index (χ4n) is 2.53. The normalized spacial score (nSPS) is 20.4. The highest BCUT2D eigenvalue weighted by molar-refractivity contribution is 6.30. The molecule has 0 fully saturated rings. The first kappa shape index (κ1) is 11.0. The van der Waals surface area contributed by atoms with Crippen LogP contribution in [0.1, 0.15) is 37.3 Å². The third-order valence-corrected chi connectivity index (χ3v) is 3.89. The summed E-state index contributed by atoms with van der Waals surface area (Å²) in [5.41, 5.74) is 8.89. The highest BCUT2D eigenvalue weighted by Gasteiger charge is 2.34. The summed E-state index contributed by atoms with van der Waals surface area (Å²) in [4.78, 5) is 0. The maximum atomic E-state index is 6.05. The molecule has 0 spiro atoms. The molecule has 1 aliphatic rings. The highest BCUT2D eigenvalue weighted by atomic mass is 35.5. The summed E-state index contributed by atoms with van der Waals surface area (Å²) in [6.45, 7) is 5.21. The van der Waals surface area contributed by atoms with Crippen LogP contribution in [0.5, 0.6) is 0 Å². The molecular formula is C13H18ClN. The number of hydrogen-bond donors (Lipinski definition) is 1. The molecule has 1 aromatic rings. The van der Waals surface area contributed by atoms with Gasteiger partial charge in [0, 0.05) is 5.02 Å². The Morgan fingerprint density at radius 3 is 2.87 bits per heavy atom. The maximum absolute atomic E-state index is 6.05. The first-order valence-electron chi connectivity index (χ1n) is 5.53. The molecule has 0 saturated heterocycles. The zero-order valence-electron chi connectivity index (χ0n) is 9.39. The minimum Gasteiger partial charge on any atom is -0.330 e. The molecule has 1 nitrogen and oxygen atoms in total. The molecule has 2 heteroatoms. The second-order valence-electron chi connectivity index (χ2n) is 5.13. The van der Waals surface area contributed by atoms with Crippen molar-refractivity contribution in [2.75, 3.05) is 6.54 Å². The Morgan fingerprint density at radius 2 is 2.20 bits per heavy atom. The van der Waals surface area contributed by atoms with E-state index in [0.717, 1.165) is 11.6 Å². The van der Waals surface area contributed by atoms with Gasteiger partial charge >= 0.3 is 0 Å². The molecule has 0 amide bonds.